The van der Waals surface area contributed by atoms with Crippen LogP contribution in [0.2, 0.25) is 0 Å². The van der Waals surface area contributed by atoms with Gasteiger partial charge in [0.1, 0.15) is 0 Å². The number of rotatable bonds is 4. The van der Waals surface area contributed by atoms with Crippen LogP contribution in [0.5, 0.6) is 0 Å². The average molecular weight is 379 g/mol. The van der Waals surface area contributed by atoms with Crippen molar-refractivity contribution in [1.29, 1.82) is 0 Å². The third-order valence-electron chi connectivity index (χ3n) is 7.07. The van der Waals surface area contributed by atoms with Gasteiger partial charge in [-0.15, -0.1) is 0 Å². The predicted molar refractivity (Wildman–Crippen MR) is 112 cm³/mol. The Bertz CT molecular complexity index is 869. The van der Waals surface area contributed by atoms with E-state index in [0.29, 0.717) is 30.0 Å². The number of hydrogen-bond donors (Lipinski definition) is 2. The molecule has 5 nitrogen and oxygen atoms in total. The molecule has 148 valence electrons. The Morgan fingerprint density at radius 3 is 2.96 bits per heavy atom. The van der Waals surface area contributed by atoms with Crippen LogP contribution in [0.15, 0.2) is 41.5 Å². The summed E-state index contributed by atoms with van der Waals surface area (Å²) in [6.07, 6.45) is 8.79. The fourth-order valence-corrected chi connectivity index (χ4v) is 5.83. The first-order valence-corrected chi connectivity index (χ1v) is 10.8. The molecular weight excluding hydrogens is 348 g/mol. The van der Waals surface area contributed by atoms with Crippen LogP contribution in [-0.2, 0) is 11.3 Å². The molecule has 0 amide bonds. The van der Waals surface area contributed by atoms with Crippen LogP contribution in [0.1, 0.15) is 44.6 Å². The number of para-hydroxylation sites is 1. The molecule has 1 aromatic heterocycles. The fourth-order valence-electron chi connectivity index (χ4n) is 5.83. The zero-order chi connectivity index (χ0) is 19.0. The number of benzene rings is 1. The van der Waals surface area contributed by atoms with E-state index in [1.54, 1.807) is 0 Å². The average Bonchev–Trinajstić information content (AvgIpc) is 3.39. The summed E-state index contributed by atoms with van der Waals surface area (Å²) in [5.74, 6) is 1.58. The standard InChI is InChI=1S/C23H30N4O/c1-2-24-22(26-15-16-9-13-25-19-8-4-3-7-17(16)19)27-20-18-10-14-28-21(18)23(20)11-5-6-12-23/h3-4,7-9,13,18,20-21H,2,5-6,10-12,14-15H2,1H3,(H2,24,26,27). The van der Waals surface area contributed by atoms with E-state index in [2.05, 4.69) is 46.8 Å². The van der Waals surface area contributed by atoms with E-state index in [-0.39, 0.29) is 0 Å². The molecule has 3 fully saturated rings. The topological polar surface area (TPSA) is 58.5 Å². The smallest absolute Gasteiger partial charge is 0.191 e. The Hall–Kier alpha value is -2.14. The minimum atomic E-state index is 0.334. The lowest BCUT2D eigenvalue weighted by atomic mass is 9.54. The quantitative estimate of drug-likeness (QED) is 0.630. The summed E-state index contributed by atoms with van der Waals surface area (Å²) in [6.45, 7) is 4.58. The maximum Gasteiger partial charge on any atom is 0.191 e. The first-order valence-electron chi connectivity index (χ1n) is 10.8. The van der Waals surface area contributed by atoms with Crippen molar-refractivity contribution in [2.45, 2.75) is 57.7 Å². The Balaban J connectivity index is 1.37. The molecule has 2 saturated carbocycles. The van der Waals surface area contributed by atoms with Crippen LogP contribution in [0.4, 0.5) is 0 Å². The van der Waals surface area contributed by atoms with Crippen molar-refractivity contribution in [2.24, 2.45) is 16.3 Å². The second-order valence-corrected chi connectivity index (χ2v) is 8.49. The second-order valence-electron chi connectivity index (χ2n) is 8.49. The minimum Gasteiger partial charge on any atom is -0.377 e. The van der Waals surface area contributed by atoms with Gasteiger partial charge in [0.05, 0.1) is 18.2 Å². The lowest BCUT2D eigenvalue weighted by molar-refractivity contribution is -0.125. The van der Waals surface area contributed by atoms with E-state index >= 15 is 0 Å². The van der Waals surface area contributed by atoms with E-state index < -0.39 is 0 Å². The summed E-state index contributed by atoms with van der Waals surface area (Å²) in [5.41, 5.74) is 2.58. The molecule has 0 bridgehead atoms. The van der Waals surface area contributed by atoms with E-state index in [4.69, 9.17) is 9.73 Å². The van der Waals surface area contributed by atoms with Gasteiger partial charge in [0.15, 0.2) is 5.96 Å². The second kappa shape index (κ2) is 7.36. The molecular formula is C23H30N4O. The van der Waals surface area contributed by atoms with Crippen LogP contribution in [-0.4, -0.2) is 36.2 Å². The third-order valence-corrected chi connectivity index (χ3v) is 7.07. The van der Waals surface area contributed by atoms with Gasteiger partial charge in [-0.05, 0) is 43.9 Å². The molecule has 28 heavy (non-hydrogen) atoms. The van der Waals surface area contributed by atoms with Gasteiger partial charge in [0, 0.05) is 42.1 Å². The Morgan fingerprint density at radius 2 is 2.11 bits per heavy atom. The van der Waals surface area contributed by atoms with Crippen molar-refractivity contribution >= 4 is 16.9 Å². The summed E-state index contributed by atoms with van der Waals surface area (Å²) in [6, 6.07) is 10.9. The lowest BCUT2D eigenvalue weighted by Gasteiger charge is -2.57. The number of ether oxygens (including phenoxy) is 1. The molecule has 2 N–H and O–H groups in total. The molecule has 1 spiro atoms. The largest absolute Gasteiger partial charge is 0.377 e. The summed E-state index contributed by atoms with van der Waals surface area (Å²) in [4.78, 5) is 9.42. The van der Waals surface area contributed by atoms with Crippen molar-refractivity contribution in [3.05, 3.63) is 42.1 Å². The van der Waals surface area contributed by atoms with Crippen molar-refractivity contribution in [2.75, 3.05) is 13.2 Å². The normalized spacial score (nSPS) is 28.3. The Morgan fingerprint density at radius 1 is 1.25 bits per heavy atom. The maximum atomic E-state index is 6.13. The lowest BCUT2D eigenvalue weighted by Crippen LogP contribution is -2.69. The maximum absolute atomic E-state index is 6.13. The number of pyridine rings is 1. The number of hydrogen-bond acceptors (Lipinski definition) is 3. The SMILES string of the molecule is CCNC(=NCc1ccnc2ccccc12)NC1C2CCOC2C12CCCC2. The van der Waals surface area contributed by atoms with Gasteiger partial charge in [-0.2, -0.15) is 0 Å². The monoisotopic (exact) mass is 378 g/mol. The van der Waals surface area contributed by atoms with Crippen LogP contribution >= 0.6 is 0 Å². The first-order chi connectivity index (χ1) is 13.8. The zero-order valence-electron chi connectivity index (χ0n) is 16.7. The van der Waals surface area contributed by atoms with E-state index in [0.717, 1.165) is 24.6 Å². The van der Waals surface area contributed by atoms with E-state index in [1.165, 1.54) is 43.1 Å². The molecule has 3 atom stereocenters. The summed E-state index contributed by atoms with van der Waals surface area (Å²) >= 11 is 0. The molecule has 2 aliphatic carbocycles. The van der Waals surface area contributed by atoms with Crippen molar-refractivity contribution < 1.29 is 4.74 Å². The molecule has 3 unspecified atom stereocenters. The molecule has 1 aromatic carbocycles. The fraction of sp³-hybridized carbons (Fsp3) is 0.565. The number of nitrogens with zero attached hydrogens (tertiary/aromatic N) is 2. The summed E-state index contributed by atoms with van der Waals surface area (Å²) < 4.78 is 6.13. The van der Waals surface area contributed by atoms with Gasteiger partial charge in [-0.3, -0.25) is 4.98 Å². The number of aliphatic imine (C=N–C) groups is 1. The summed E-state index contributed by atoms with van der Waals surface area (Å²) in [7, 11) is 0. The van der Waals surface area contributed by atoms with E-state index in [1.807, 2.05) is 12.3 Å². The molecule has 1 aliphatic heterocycles. The molecule has 5 heteroatoms. The molecule has 1 saturated heterocycles. The van der Waals surface area contributed by atoms with Crippen LogP contribution in [0.25, 0.3) is 10.9 Å². The Labute approximate surface area is 167 Å². The highest BCUT2D eigenvalue weighted by atomic mass is 16.5. The minimum absolute atomic E-state index is 0.334. The molecule has 0 radical (unpaired) electrons. The molecule has 2 heterocycles. The Kier molecular flexibility index (Phi) is 4.71. The van der Waals surface area contributed by atoms with Gasteiger partial charge in [0.2, 0.25) is 0 Å². The van der Waals surface area contributed by atoms with Crippen LogP contribution < -0.4 is 10.6 Å². The number of aromatic nitrogens is 1. The zero-order valence-corrected chi connectivity index (χ0v) is 16.7. The third kappa shape index (κ3) is 2.87. The highest BCUT2D eigenvalue weighted by molar-refractivity contribution is 5.83. The van der Waals surface area contributed by atoms with Crippen molar-refractivity contribution in [3.63, 3.8) is 0 Å². The van der Waals surface area contributed by atoms with Gasteiger partial charge in [0.25, 0.3) is 0 Å². The van der Waals surface area contributed by atoms with Crippen LogP contribution in [0, 0.1) is 11.3 Å². The number of guanidine groups is 1. The van der Waals surface area contributed by atoms with Crippen molar-refractivity contribution in [1.82, 2.24) is 15.6 Å². The molecule has 3 aliphatic rings. The summed E-state index contributed by atoms with van der Waals surface area (Å²) in [5, 5.41) is 8.47. The van der Waals surface area contributed by atoms with Crippen molar-refractivity contribution in [3.8, 4) is 0 Å². The highest BCUT2D eigenvalue weighted by Crippen LogP contribution is 2.60. The van der Waals surface area contributed by atoms with Crippen LogP contribution in [0.3, 0.4) is 0 Å². The van der Waals surface area contributed by atoms with Gasteiger partial charge in [-0.25, -0.2) is 4.99 Å². The number of fused-ring (bicyclic) bond motifs is 3. The van der Waals surface area contributed by atoms with E-state index in [9.17, 15) is 0 Å². The predicted octanol–water partition coefficient (Wildman–Crippen LogP) is 3.64. The molecule has 5 rings (SSSR count). The van der Waals surface area contributed by atoms with Gasteiger partial charge in [-0.1, -0.05) is 31.0 Å². The number of nitrogens with one attached hydrogen (secondary N) is 2. The first kappa shape index (κ1) is 17.9. The van der Waals surface area contributed by atoms with Gasteiger partial charge < -0.3 is 15.4 Å². The highest BCUT2D eigenvalue weighted by Gasteiger charge is 2.65. The molecule has 2 aromatic rings. The van der Waals surface area contributed by atoms with Gasteiger partial charge >= 0.3 is 0 Å².